The number of hydrogen-bond donors (Lipinski definition) is 1. The highest BCUT2D eigenvalue weighted by molar-refractivity contribution is 7.90. The third-order valence-corrected chi connectivity index (χ3v) is 7.79. The SMILES string of the molecule is CS(=O)(=O)c1ccc2nc(N3C(=O)C(=O)C(=C(O)c4ccccc4)C3c3ccc(F)cc3)sc2c1. The largest absolute Gasteiger partial charge is 0.507 e. The molecule has 1 fully saturated rings. The molecule has 0 spiro atoms. The molecule has 3 aromatic carbocycles. The first-order valence-corrected chi connectivity index (χ1v) is 13.1. The minimum absolute atomic E-state index is 0.0985. The molecule has 10 heteroatoms. The molecule has 4 aromatic rings. The minimum Gasteiger partial charge on any atom is -0.507 e. The Balaban J connectivity index is 1.72. The van der Waals surface area contributed by atoms with Gasteiger partial charge in [-0.15, -0.1) is 0 Å². The molecule has 1 aromatic heterocycles. The number of hydrogen-bond acceptors (Lipinski definition) is 7. The van der Waals surface area contributed by atoms with Crippen molar-refractivity contribution in [1.29, 1.82) is 0 Å². The number of benzene rings is 3. The van der Waals surface area contributed by atoms with Gasteiger partial charge in [0.1, 0.15) is 11.6 Å². The van der Waals surface area contributed by atoms with Gasteiger partial charge in [0, 0.05) is 11.8 Å². The number of carbonyl (C=O) groups is 2. The summed E-state index contributed by atoms with van der Waals surface area (Å²) < 4.78 is 38.1. The molecule has 5 rings (SSSR count). The fourth-order valence-corrected chi connectivity index (χ4v) is 5.72. The average Bonchev–Trinajstić information content (AvgIpc) is 3.37. The standard InChI is InChI=1S/C25H17FN2O5S2/c1-35(32,33)17-11-12-18-19(13-17)34-25(27-18)28-21(14-7-9-16(26)10-8-14)20(23(30)24(28)31)22(29)15-5-3-2-4-6-15/h2-13,21,29H,1H3. The van der Waals surface area contributed by atoms with E-state index in [4.69, 9.17) is 0 Å². The van der Waals surface area contributed by atoms with Gasteiger partial charge in [-0.3, -0.25) is 14.5 Å². The van der Waals surface area contributed by atoms with E-state index in [0.29, 0.717) is 21.3 Å². The van der Waals surface area contributed by atoms with Gasteiger partial charge in [0.2, 0.25) is 0 Å². The van der Waals surface area contributed by atoms with Crippen LogP contribution in [-0.4, -0.2) is 36.5 Å². The zero-order valence-electron chi connectivity index (χ0n) is 18.2. The fourth-order valence-electron chi connectivity index (χ4n) is 3.97. The topological polar surface area (TPSA) is 105 Å². The van der Waals surface area contributed by atoms with E-state index in [-0.39, 0.29) is 21.4 Å². The Morgan fingerprint density at radius 3 is 2.37 bits per heavy atom. The summed E-state index contributed by atoms with van der Waals surface area (Å²) >= 11 is 1.04. The van der Waals surface area contributed by atoms with Crippen molar-refractivity contribution < 1.29 is 27.5 Å². The van der Waals surface area contributed by atoms with Crippen LogP contribution in [0.1, 0.15) is 17.2 Å². The number of thiazole rings is 1. The smallest absolute Gasteiger partial charge is 0.301 e. The first-order chi connectivity index (χ1) is 16.6. The van der Waals surface area contributed by atoms with E-state index in [9.17, 15) is 27.5 Å². The van der Waals surface area contributed by atoms with Crippen LogP contribution in [0.4, 0.5) is 9.52 Å². The van der Waals surface area contributed by atoms with Crippen LogP contribution >= 0.6 is 11.3 Å². The van der Waals surface area contributed by atoms with Crippen LogP contribution in [0, 0.1) is 5.82 Å². The van der Waals surface area contributed by atoms with Gasteiger partial charge in [0.15, 0.2) is 15.0 Å². The van der Waals surface area contributed by atoms with Crippen molar-refractivity contribution in [3.05, 3.63) is 95.3 Å². The molecule has 176 valence electrons. The second kappa shape index (κ2) is 8.40. The Bertz CT molecular complexity index is 1630. The van der Waals surface area contributed by atoms with Gasteiger partial charge in [0.25, 0.3) is 5.78 Å². The maximum atomic E-state index is 13.7. The van der Waals surface area contributed by atoms with Gasteiger partial charge in [-0.1, -0.05) is 53.8 Å². The van der Waals surface area contributed by atoms with Gasteiger partial charge >= 0.3 is 5.91 Å². The number of aliphatic hydroxyl groups excluding tert-OH is 1. The van der Waals surface area contributed by atoms with E-state index in [1.165, 1.54) is 42.5 Å². The number of carbonyl (C=O) groups excluding carboxylic acids is 2. The van der Waals surface area contributed by atoms with E-state index in [1.54, 1.807) is 30.3 Å². The number of amides is 1. The second-order valence-electron chi connectivity index (χ2n) is 7.98. The van der Waals surface area contributed by atoms with Crippen molar-refractivity contribution in [2.45, 2.75) is 10.9 Å². The molecule has 0 radical (unpaired) electrons. The molecule has 0 aliphatic carbocycles. The maximum Gasteiger partial charge on any atom is 0.301 e. The predicted molar refractivity (Wildman–Crippen MR) is 130 cm³/mol. The van der Waals surface area contributed by atoms with Crippen LogP contribution < -0.4 is 4.90 Å². The summed E-state index contributed by atoms with van der Waals surface area (Å²) in [5, 5.41) is 11.2. The normalized spacial score (nSPS) is 17.9. The number of rotatable bonds is 4. The van der Waals surface area contributed by atoms with Crippen molar-refractivity contribution >= 4 is 54.0 Å². The lowest BCUT2D eigenvalue weighted by Crippen LogP contribution is -2.29. The molecule has 1 aliphatic heterocycles. The van der Waals surface area contributed by atoms with Crippen LogP contribution in [0.3, 0.4) is 0 Å². The van der Waals surface area contributed by atoms with Crippen molar-refractivity contribution in [2.24, 2.45) is 0 Å². The van der Waals surface area contributed by atoms with Crippen molar-refractivity contribution in [2.75, 3.05) is 11.2 Å². The molecule has 35 heavy (non-hydrogen) atoms. The van der Waals surface area contributed by atoms with Crippen LogP contribution in [0.15, 0.2) is 83.3 Å². The maximum absolute atomic E-state index is 13.7. The number of aliphatic hydroxyl groups is 1. The molecule has 1 atom stereocenters. The lowest BCUT2D eigenvalue weighted by Gasteiger charge is -2.23. The molecular formula is C25H17FN2O5S2. The Morgan fingerprint density at radius 1 is 1.03 bits per heavy atom. The Morgan fingerprint density at radius 2 is 1.71 bits per heavy atom. The predicted octanol–water partition coefficient (Wildman–Crippen LogP) is 4.47. The summed E-state index contributed by atoms with van der Waals surface area (Å²) in [4.78, 5) is 32.1. The van der Waals surface area contributed by atoms with Crippen LogP contribution in [-0.2, 0) is 19.4 Å². The van der Waals surface area contributed by atoms with Crippen molar-refractivity contribution in [3.8, 4) is 0 Å². The molecule has 7 nitrogen and oxygen atoms in total. The summed E-state index contributed by atoms with van der Waals surface area (Å²) in [5.74, 6) is -2.67. The highest BCUT2D eigenvalue weighted by Crippen LogP contribution is 2.44. The molecule has 1 unspecified atom stereocenters. The monoisotopic (exact) mass is 508 g/mol. The Labute approximate surface area is 203 Å². The highest BCUT2D eigenvalue weighted by atomic mass is 32.2. The van der Waals surface area contributed by atoms with E-state index in [0.717, 1.165) is 22.5 Å². The summed E-state index contributed by atoms with van der Waals surface area (Å²) in [7, 11) is -3.46. The zero-order valence-corrected chi connectivity index (χ0v) is 19.8. The number of anilines is 1. The summed E-state index contributed by atoms with van der Waals surface area (Å²) in [5.41, 5.74) is 1.04. The first kappa shape index (κ1) is 22.9. The Hall–Kier alpha value is -3.89. The summed E-state index contributed by atoms with van der Waals surface area (Å²) in [6, 6.07) is 17.0. The fraction of sp³-hybridized carbons (Fsp3) is 0.0800. The Kier molecular flexibility index (Phi) is 5.49. The van der Waals surface area contributed by atoms with E-state index in [1.807, 2.05) is 0 Å². The number of aromatic nitrogens is 1. The molecule has 1 aliphatic rings. The number of Topliss-reactive ketones (excluding diaryl/α,β-unsaturated/α-hetero) is 1. The van der Waals surface area contributed by atoms with Gasteiger partial charge in [-0.25, -0.2) is 17.8 Å². The number of sulfone groups is 1. The van der Waals surface area contributed by atoms with E-state index >= 15 is 0 Å². The van der Waals surface area contributed by atoms with Crippen molar-refractivity contribution in [1.82, 2.24) is 4.98 Å². The van der Waals surface area contributed by atoms with Crippen molar-refractivity contribution in [3.63, 3.8) is 0 Å². The number of fused-ring (bicyclic) bond motifs is 1. The van der Waals surface area contributed by atoms with Gasteiger partial charge < -0.3 is 5.11 Å². The first-order valence-electron chi connectivity index (χ1n) is 10.4. The summed E-state index contributed by atoms with van der Waals surface area (Å²) in [6.45, 7) is 0. The van der Waals surface area contributed by atoms with Gasteiger partial charge in [-0.05, 0) is 35.9 Å². The van der Waals surface area contributed by atoms with Gasteiger partial charge in [0.05, 0.1) is 26.7 Å². The number of ketones is 1. The van der Waals surface area contributed by atoms with Crippen LogP contribution in [0.25, 0.3) is 16.0 Å². The summed E-state index contributed by atoms with van der Waals surface area (Å²) in [6.07, 6.45) is 1.09. The van der Waals surface area contributed by atoms with Gasteiger partial charge in [-0.2, -0.15) is 0 Å². The molecule has 1 saturated heterocycles. The molecule has 0 bridgehead atoms. The van der Waals surface area contributed by atoms with E-state index < -0.39 is 33.4 Å². The van der Waals surface area contributed by atoms with Crippen LogP contribution in [0.5, 0.6) is 0 Å². The average molecular weight is 509 g/mol. The van der Waals surface area contributed by atoms with Crippen LogP contribution in [0.2, 0.25) is 0 Å². The quantitative estimate of drug-likeness (QED) is 0.248. The second-order valence-corrected chi connectivity index (χ2v) is 11.0. The molecular weight excluding hydrogens is 491 g/mol. The number of nitrogens with zero attached hydrogens (tertiary/aromatic N) is 2. The zero-order chi connectivity index (χ0) is 24.9. The lowest BCUT2D eigenvalue weighted by atomic mass is 9.95. The minimum atomic E-state index is -3.46. The highest BCUT2D eigenvalue weighted by Gasteiger charge is 2.48. The molecule has 2 heterocycles. The third-order valence-electron chi connectivity index (χ3n) is 5.66. The lowest BCUT2D eigenvalue weighted by molar-refractivity contribution is -0.132. The molecule has 0 saturated carbocycles. The molecule has 1 amide bonds. The molecule has 1 N–H and O–H groups in total. The number of halogens is 1. The third kappa shape index (κ3) is 4.00. The van der Waals surface area contributed by atoms with E-state index in [2.05, 4.69) is 4.98 Å².